The second-order valence-electron chi connectivity index (χ2n) is 2.47. The molecular formula is C10H16O3. The zero-order valence-corrected chi connectivity index (χ0v) is 8.42. The summed E-state index contributed by atoms with van der Waals surface area (Å²) >= 11 is 0. The van der Waals surface area contributed by atoms with E-state index in [2.05, 4.69) is 6.58 Å². The van der Waals surface area contributed by atoms with E-state index in [4.69, 9.17) is 9.47 Å². The second-order valence-corrected chi connectivity index (χ2v) is 2.47. The molecule has 13 heavy (non-hydrogen) atoms. The molecule has 0 aromatic carbocycles. The Labute approximate surface area is 79.0 Å². The molecule has 3 nitrogen and oxygen atoms in total. The van der Waals surface area contributed by atoms with Gasteiger partial charge in [0.25, 0.3) is 0 Å². The van der Waals surface area contributed by atoms with Gasteiger partial charge in [-0.15, -0.1) is 0 Å². The van der Waals surface area contributed by atoms with Crippen molar-refractivity contribution in [3.05, 3.63) is 24.0 Å². The standard InChI is InChI=1S/C10H16O3/c1-5-12-9(8(3)4)7-10(11)13-6-2/h7H,3,5-6H2,1-2,4H3. The topological polar surface area (TPSA) is 35.5 Å². The van der Waals surface area contributed by atoms with Crippen LogP contribution >= 0.6 is 0 Å². The van der Waals surface area contributed by atoms with Crippen LogP contribution in [0.3, 0.4) is 0 Å². The van der Waals surface area contributed by atoms with Gasteiger partial charge in [0.2, 0.25) is 0 Å². The Bertz CT molecular complexity index is 216. The van der Waals surface area contributed by atoms with Crippen LogP contribution in [0.1, 0.15) is 20.8 Å². The van der Waals surface area contributed by atoms with E-state index in [9.17, 15) is 4.79 Å². The second kappa shape index (κ2) is 6.29. The quantitative estimate of drug-likeness (QED) is 0.284. The van der Waals surface area contributed by atoms with Crippen LogP contribution in [0.25, 0.3) is 0 Å². The van der Waals surface area contributed by atoms with Gasteiger partial charge in [-0.2, -0.15) is 0 Å². The van der Waals surface area contributed by atoms with Crippen LogP contribution in [0.15, 0.2) is 24.0 Å². The number of esters is 1. The van der Waals surface area contributed by atoms with E-state index in [-0.39, 0.29) is 0 Å². The van der Waals surface area contributed by atoms with Gasteiger partial charge in [-0.25, -0.2) is 4.79 Å². The van der Waals surface area contributed by atoms with Gasteiger partial charge in [0, 0.05) is 0 Å². The molecule has 0 radical (unpaired) electrons. The zero-order chi connectivity index (χ0) is 10.3. The summed E-state index contributed by atoms with van der Waals surface area (Å²) in [5, 5.41) is 0. The van der Waals surface area contributed by atoms with E-state index < -0.39 is 5.97 Å². The summed E-state index contributed by atoms with van der Waals surface area (Å²) in [6, 6.07) is 0. The molecule has 0 bridgehead atoms. The van der Waals surface area contributed by atoms with Crippen LogP contribution < -0.4 is 0 Å². The third-order valence-electron chi connectivity index (χ3n) is 1.26. The smallest absolute Gasteiger partial charge is 0.334 e. The fourth-order valence-corrected chi connectivity index (χ4v) is 0.735. The van der Waals surface area contributed by atoms with Gasteiger partial charge in [0.15, 0.2) is 0 Å². The number of carbonyl (C=O) groups excluding carboxylic acids is 1. The minimum Gasteiger partial charge on any atom is -0.493 e. The van der Waals surface area contributed by atoms with E-state index in [1.54, 1.807) is 13.8 Å². The van der Waals surface area contributed by atoms with Gasteiger partial charge in [-0.3, -0.25) is 0 Å². The minimum atomic E-state index is -0.394. The van der Waals surface area contributed by atoms with Gasteiger partial charge in [0.1, 0.15) is 5.76 Å². The molecule has 0 amide bonds. The number of hydrogen-bond donors (Lipinski definition) is 0. The lowest BCUT2D eigenvalue weighted by molar-refractivity contribution is -0.137. The molecule has 0 atom stereocenters. The van der Waals surface area contributed by atoms with Crippen molar-refractivity contribution in [3.63, 3.8) is 0 Å². The molecule has 0 saturated carbocycles. The molecule has 0 spiro atoms. The highest BCUT2D eigenvalue weighted by molar-refractivity contribution is 5.83. The van der Waals surface area contributed by atoms with Crippen LogP contribution in [0.4, 0.5) is 0 Å². The average molecular weight is 184 g/mol. The van der Waals surface area contributed by atoms with E-state index in [1.165, 1.54) is 6.08 Å². The SMILES string of the molecule is C=C(C)C(=CC(=O)OCC)OCC. The summed E-state index contributed by atoms with van der Waals surface area (Å²) in [5.74, 6) is 0.0925. The van der Waals surface area contributed by atoms with Crippen molar-refractivity contribution >= 4 is 5.97 Å². The molecule has 0 N–H and O–H groups in total. The first-order valence-electron chi connectivity index (χ1n) is 4.28. The van der Waals surface area contributed by atoms with Gasteiger partial charge in [-0.05, 0) is 26.3 Å². The molecule has 0 aliphatic heterocycles. The van der Waals surface area contributed by atoms with Crippen LogP contribution in [-0.4, -0.2) is 19.2 Å². The Morgan fingerprint density at radius 3 is 2.23 bits per heavy atom. The Morgan fingerprint density at radius 2 is 1.85 bits per heavy atom. The fourth-order valence-electron chi connectivity index (χ4n) is 0.735. The lowest BCUT2D eigenvalue weighted by Gasteiger charge is -2.07. The Morgan fingerprint density at radius 1 is 1.31 bits per heavy atom. The highest BCUT2D eigenvalue weighted by Crippen LogP contribution is 2.08. The predicted octanol–water partition coefficient (Wildman–Crippen LogP) is 2.05. The van der Waals surface area contributed by atoms with Crippen LogP contribution in [0, 0.1) is 0 Å². The summed E-state index contributed by atoms with van der Waals surface area (Å²) in [7, 11) is 0. The molecule has 3 heteroatoms. The molecular weight excluding hydrogens is 168 g/mol. The van der Waals surface area contributed by atoms with E-state index in [1.807, 2.05) is 6.92 Å². The normalized spacial score (nSPS) is 10.8. The molecule has 0 rings (SSSR count). The van der Waals surface area contributed by atoms with Crippen LogP contribution in [0.2, 0.25) is 0 Å². The fraction of sp³-hybridized carbons (Fsp3) is 0.500. The summed E-state index contributed by atoms with van der Waals surface area (Å²) in [4.78, 5) is 11.0. The average Bonchev–Trinajstić information content (AvgIpc) is 2.04. The van der Waals surface area contributed by atoms with Crippen LogP contribution in [0.5, 0.6) is 0 Å². The molecule has 0 fully saturated rings. The Balaban J connectivity index is 4.34. The third kappa shape index (κ3) is 5.06. The first-order chi connectivity index (χ1) is 6.11. The van der Waals surface area contributed by atoms with E-state index in [0.717, 1.165) is 5.57 Å². The largest absolute Gasteiger partial charge is 0.493 e. The molecule has 0 saturated heterocycles. The number of carbonyl (C=O) groups is 1. The van der Waals surface area contributed by atoms with Crippen molar-refractivity contribution in [2.24, 2.45) is 0 Å². The molecule has 0 aromatic heterocycles. The van der Waals surface area contributed by atoms with Crippen LogP contribution in [-0.2, 0) is 14.3 Å². The van der Waals surface area contributed by atoms with E-state index >= 15 is 0 Å². The maximum Gasteiger partial charge on any atom is 0.334 e. The number of rotatable bonds is 5. The molecule has 74 valence electrons. The van der Waals surface area contributed by atoms with Crippen molar-refractivity contribution < 1.29 is 14.3 Å². The van der Waals surface area contributed by atoms with Gasteiger partial charge >= 0.3 is 5.97 Å². The number of hydrogen-bond acceptors (Lipinski definition) is 3. The first kappa shape index (κ1) is 11.8. The van der Waals surface area contributed by atoms with Crippen molar-refractivity contribution in [3.8, 4) is 0 Å². The minimum absolute atomic E-state index is 0.366. The predicted molar refractivity (Wildman–Crippen MR) is 51.2 cm³/mol. The number of allylic oxidation sites excluding steroid dienone is 1. The molecule has 0 unspecified atom stereocenters. The molecule has 0 aromatic rings. The molecule has 0 heterocycles. The zero-order valence-electron chi connectivity index (χ0n) is 8.42. The monoisotopic (exact) mass is 184 g/mol. The highest BCUT2D eigenvalue weighted by atomic mass is 16.5. The summed E-state index contributed by atoms with van der Waals surface area (Å²) in [5.41, 5.74) is 0.718. The van der Waals surface area contributed by atoms with Gasteiger partial charge in [0.05, 0.1) is 19.3 Å². The lowest BCUT2D eigenvalue weighted by atomic mass is 10.2. The lowest BCUT2D eigenvalue weighted by Crippen LogP contribution is -2.03. The molecule has 0 aliphatic carbocycles. The highest BCUT2D eigenvalue weighted by Gasteiger charge is 2.03. The maximum atomic E-state index is 11.0. The summed E-state index contributed by atoms with van der Waals surface area (Å²) in [6.07, 6.45) is 1.31. The first-order valence-corrected chi connectivity index (χ1v) is 4.28. The molecule has 0 aliphatic rings. The van der Waals surface area contributed by atoms with Crippen molar-refractivity contribution in [1.82, 2.24) is 0 Å². The Hall–Kier alpha value is -1.25. The van der Waals surface area contributed by atoms with Gasteiger partial charge < -0.3 is 9.47 Å². The maximum absolute atomic E-state index is 11.0. The van der Waals surface area contributed by atoms with E-state index in [0.29, 0.717) is 19.0 Å². The summed E-state index contributed by atoms with van der Waals surface area (Å²) in [6.45, 7) is 9.95. The number of ether oxygens (including phenoxy) is 2. The van der Waals surface area contributed by atoms with Crippen molar-refractivity contribution in [2.75, 3.05) is 13.2 Å². The van der Waals surface area contributed by atoms with Crippen molar-refractivity contribution in [1.29, 1.82) is 0 Å². The summed E-state index contributed by atoms with van der Waals surface area (Å²) < 4.78 is 9.91. The van der Waals surface area contributed by atoms with Crippen molar-refractivity contribution in [2.45, 2.75) is 20.8 Å². The third-order valence-corrected chi connectivity index (χ3v) is 1.26. The Kier molecular flexibility index (Phi) is 5.68. The van der Waals surface area contributed by atoms with Gasteiger partial charge in [-0.1, -0.05) is 6.58 Å².